The molecule has 174 valence electrons. The highest BCUT2D eigenvalue weighted by Gasteiger charge is 2.35. The largest absolute Gasteiger partial charge is 0.493 e. The number of nitrogens with two attached hydrogens (primary N) is 1. The number of carbonyl (C=O) groups excluding carboxylic acids is 3. The molecule has 3 N–H and O–H groups in total. The van der Waals surface area contributed by atoms with Crippen molar-refractivity contribution < 1.29 is 33.3 Å². The number of nitrogens with zero attached hydrogens (tertiary/aromatic N) is 1. The number of benzene rings is 2. The third kappa shape index (κ3) is 5.22. The average Bonchev–Trinajstić information content (AvgIpc) is 3.16. The van der Waals surface area contributed by atoms with Gasteiger partial charge in [-0.05, 0) is 30.3 Å². The fraction of sp³-hybridized carbons (Fsp3) is 0.304. The van der Waals surface area contributed by atoms with Crippen LogP contribution in [-0.2, 0) is 9.53 Å². The van der Waals surface area contributed by atoms with Crippen LogP contribution in [0.15, 0.2) is 36.4 Å². The minimum absolute atomic E-state index is 0.00821. The summed E-state index contributed by atoms with van der Waals surface area (Å²) in [4.78, 5) is 37.3. The molecule has 0 saturated carbocycles. The third-order valence-corrected chi connectivity index (χ3v) is 4.93. The molecule has 1 unspecified atom stereocenters. The predicted octanol–water partition coefficient (Wildman–Crippen LogP) is 2.90. The Labute approximate surface area is 190 Å². The first-order valence-corrected chi connectivity index (χ1v) is 10.2. The van der Waals surface area contributed by atoms with Crippen LogP contribution in [0.5, 0.6) is 17.2 Å². The van der Waals surface area contributed by atoms with Crippen molar-refractivity contribution in [3.05, 3.63) is 47.5 Å². The number of cyclic esters (lactones) is 1. The molecule has 1 aliphatic heterocycles. The Hall–Kier alpha value is -4.08. The van der Waals surface area contributed by atoms with Crippen LogP contribution in [0, 0.1) is 5.41 Å². The number of ether oxygens (including phenoxy) is 4. The highest BCUT2D eigenvalue weighted by atomic mass is 16.6. The highest BCUT2D eigenvalue weighted by molar-refractivity contribution is 6.02. The minimum Gasteiger partial charge on any atom is -0.493 e. The SMILES string of the molecule is CCC(=O)c1ccc(OCC2CN(c3cccc(C(=N)N)c3OC(C)=O)C(=O)O2)c(OC)c1. The van der Waals surface area contributed by atoms with Gasteiger partial charge in [-0.15, -0.1) is 0 Å². The Balaban J connectivity index is 1.77. The van der Waals surface area contributed by atoms with E-state index in [9.17, 15) is 14.4 Å². The number of hydrogen-bond acceptors (Lipinski definition) is 8. The van der Waals surface area contributed by atoms with Gasteiger partial charge in [-0.2, -0.15) is 0 Å². The van der Waals surface area contributed by atoms with E-state index in [1.165, 1.54) is 25.0 Å². The van der Waals surface area contributed by atoms with Crippen molar-refractivity contribution in [3.63, 3.8) is 0 Å². The number of nitrogen functional groups attached to an aromatic ring is 1. The van der Waals surface area contributed by atoms with Crippen LogP contribution in [-0.4, -0.2) is 50.0 Å². The van der Waals surface area contributed by atoms with E-state index in [2.05, 4.69) is 0 Å². The van der Waals surface area contributed by atoms with Gasteiger partial charge in [-0.25, -0.2) is 4.79 Å². The van der Waals surface area contributed by atoms with E-state index < -0.39 is 18.2 Å². The second-order valence-corrected chi connectivity index (χ2v) is 7.23. The van der Waals surface area contributed by atoms with E-state index in [-0.39, 0.29) is 41.8 Å². The smallest absolute Gasteiger partial charge is 0.415 e. The molecule has 10 heteroatoms. The van der Waals surface area contributed by atoms with Crippen molar-refractivity contribution >= 4 is 29.4 Å². The molecule has 1 atom stereocenters. The zero-order valence-electron chi connectivity index (χ0n) is 18.5. The van der Waals surface area contributed by atoms with Gasteiger partial charge in [-0.1, -0.05) is 13.0 Å². The van der Waals surface area contributed by atoms with Crippen LogP contribution in [0.3, 0.4) is 0 Å². The summed E-state index contributed by atoms with van der Waals surface area (Å²) >= 11 is 0. The van der Waals surface area contributed by atoms with Gasteiger partial charge in [0.05, 0.1) is 24.9 Å². The first-order chi connectivity index (χ1) is 15.7. The second kappa shape index (κ2) is 10.0. The molecule has 0 spiro atoms. The summed E-state index contributed by atoms with van der Waals surface area (Å²) in [6.07, 6.45) is -0.920. The van der Waals surface area contributed by atoms with E-state index in [1.807, 2.05) is 0 Å². The van der Waals surface area contributed by atoms with Crippen LogP contribution in [0.25, 0.3) is 0 Å². The normalized spacial score (nSPS) is 15.1. The molecule has 0 aromatic heterocycles. The van der Waals surface area contributed by atoms with E-state index in [0.29, 0.717) is 23.5 Å². The molecule has 10 nitrogen and oxygen atoms in total. The van der Waals surface area contributed by atoms with Crippen molar-refractivity contribution in [2.45, 2.75) is 26.4 Å². The lowest BCUT2D eigenvalue weighted by atomic mass is 10.1. The number of methoxy groups -OCH3 is 1. The van der Waals surface area contributed by atoms with E-state index in [0.717, 1.165) is 0 Å². The third-order valence-electron chi connectivity index (χ3n) is 4.93. The van der Waals surface area contributed by atoms with E-state index in [4.69, 9.17) is 30.1 Å². The molecule has 2 aromatic rings. The quantitative estimate of drug-likeness (QED) is 0.193. The number of amides is 1. The molecular formula is C23H25N3O7. The fourth-order valence-electron chi connectivity index (χ4n) is 3.35. The number of nitrogens with one attached hydrogen (secondary N) is 1. The molecular weight excluding hydrogens is 430 g/mol. The Kier molecular flexibility index (Phi) is 7.17. The highest BCUT2D eigenvalue weighted by Crippen LogP contribution is 2.35. The van der Waals surface area contributed by atoms with Gasteiger partial charge in [0.25, 0.3) is 0 Å². The minimum atomic E-state index is -0.659. The van der Waals surface area contributed by atoms with Crippen LogP contribution >= 0.6 is 0 Å². The lowest BCUT2D eigenvalue weighted by Crippen LogP contribution is -2.28. The van der Waals surface area contributed by atoms with E-state index >= 15 is 0 Å². The number of amidine groups is 1. The topological polar surface area (TPSA) is 141 Å². The fourth-order valence-corrected chi connectivity index (χ4v) is 3.35. The van der Waals surface area contributed by atoms with Crippen molar-refractivity contribution in [1.29, 1.82) is 5.41 Å². The number of hydrogen-bond donors (Lipinski definition) is 2. The molecule has 33 heavy (non-hydrogen) atoms. The summed E-state index contributed by atoms with van der Waals surface area (Å²) in [5.74, 6) is -0.141. The molecule has 1 amide bonds. The maximum absolute atomic E-state index is 12.6. The van der Waals surface area contributed by atoms with Gasteiger partial charge in [-0.3, -0.25) is 19.9 Å². The Bertz CT molecular complexity index is 1100. The van der Waals surface area contributed by atoms with Crippen molar-refractivity contribution in [2.24, 2.45) is 5.73 Å². The maximum atomic E-state index is 12.6. The summed E-state index contributed by atoms with van der Waals surface area (Å²) in [5.41, 5.74) is 6.56. The summed E-state index contributed by atoms with van der Waals surface area (Å²) in [6.45, 7) is 3.13. The number of esters is 1. The molecule has 1 fully saturated rings. The summed E-state index contributed by atoms with van der Waals surface area (Å²) < 4.78 is 21.8. The second-order valence-electron chi connectivity index (χ2n) is 7.23. The number of carbonyl (C=O) groups is 3. The summed E-state index contributed by atoms with van der Waals surface area (Å²) in [5, 5.41) is 7.73. The molecule has 1 saturated heterocycles. The monoisotopic (exact) mass is 455 g/mol. The van der Waals surface area contributed by atoms with Crippen molar-refractivity contribution in [1.82, 2.24) is 0 Å². The van der Waals surface area contributed by atoms with Crippen LogP contribution in [0.1, 0.15) is 36.2 Å². The van der Waals surface area contributed by atoms with Gasteiger partial charge < -0.3 is 24.7 Å². The van der Waals surface area contributed by atoms with Gasteiger partial charge in [0, 0.05) is 18.9 Å². The summed E-state index contributed by atoms with van der Waals surface area (Å²) in [7, 11) is 1.47. The number of Topliss-reactive ketones (excluding diaryl/α,β-unsaturated/α-hetero) is 1. The van der Waals surface area contributed by atoms with Gasteiger partial charge in [0.1, 0.15) is 12.4 Å². The van der Waals surface area contributed by atoms with Crippen LogP contribution < -0.4 is 24.8 Å². The van der Waals surface area contributed by atoms with Gasteiger partial charge >= 0.3 is 12.1 Å². The number of rotatable bonds is 9. The Morgan fingerprint density at radius 1 is 1.24 bits per heavy atom. The van der Waals surface area contributed by atoms with Crippen molar-refractivity contribution in [3.8, 4) is 17.2 Å². The molecule has 1 aliphatic rings. The lowest BCUT2D eigenvalue weighted by Gasteiger charge is -2.19. The lowest BCUT2D eigenvalue weighted by molar-refractivity contribution is -0.131. The summed E-state index contributed by atoms with van der Waals surface area (Å²) in [6, 6.07) is 9.57. The van der Waals surface area contributed by atoms with Gasteiger partial charge in [0.2, 0.25) is 0 Å². The standard InChI is InChI=1S/C23H25N3O7/c1-4-18(28)14-8-9-19(20(10-14)30-3)31-12-15-11-26(23(29)33-15)17-7-5-6-16(22(24)25)21(17)32-13(2)27/h5-10,15H,4,11-12H2,1-3H3,(H3,24,25). The zero-order valence-corrected chi connectivity index (χ0v) is 18.5. The van der Waals surface area contributed by atoms with Crippen LogP contribution in [0.4, 0.5) is 10.5 Å². The maximum Gasteiger partial charge on any atom is 0.415 e. The van der Waals surface area contributed by atoms with Gasteiger partial charge in [0.15, 0.2) is 29.1 Å². The zero-order chi connectivity index (χ0) is 24.1. The Morgan fingerprint density at radius 2 is 2.00 bits per heavy atom. The molecule has 0 aliphatic carbocycles. The van der Waals surface area contributed by atoms with Crippen molar-refractivity contribution in [2.75, 3.05) is 25.2 Å². The number of anilines is 1. The van der Waals surface area contributed by atoms with E-state index in [1.54, 1.807) is 37.3 Å². The molecule has 2 aromatic carbocycles. The molecule has 3 rings (SSSR count). The predicted molar refractivity (Wildman–Crippen MR) is 119 cm³/mol. The molecule has 0 radical (unpaired) electrons. The van der Waals surface area contributed by atoms with Crippen LogP contribution in [0.2, 0.25) is 0 Å². The first kappa shape index (κ1) is 23.6. The number of para-hydroxylation sites is 1. The molecule has 1 heterocycles. The number of ketones is 1. The molecule has 0 bridgehead atoms. The average molecular weight is 455 g/mol. The Morgan fingerprint density at radius 3 is 2.64 bits per heavy atom. The first-order valence-electron chi connectivity index (χ1n) is 10.2.